The average molecular weight is 418 g/mol. The number of carbonyl (C=O) groups excluding carboxylic acids is 1. The second-order valence-electron chi connectivity index (χ2n) is 5.79. The summed E-state index contributed by atoms with van der Waals surface area (Å²) in [6.07, 6.45) is 0. The molecular weight excluding hydrogens is 391 g/mol. The molecule has 0 spiro atoms. The minimum atomic E-state index is -0.612. The third-order valence-corrected chi connectivity index (χ3v) is 3.21. The zero-order valence-electron chi connectivity index (χ0n) is 13.8. The predicted molar refractivity (Wildman–Crippen MR) is 102 cm³/mol. The molecule has 4 N–H and O–H groups in total. The number of benzene rings is 1. The maximum absolute atomic E-state index is 11.3. The van der Waals surface area contributed by atoms with E-state index in [0.29, 0.717) is 19.0 Å². The molecule has 1 rings (SSSR count). The zero-order chi connectivity index (χ0) is 15.9. The fourth-order valence-electron chi connectivity index (χ4n) is 1.71. The Balaban J connectivity index is 0.00000441. The van der Waals surface area contributed by atoms with E-state index in [1.807, 2.05) is 32.9 Å². The maximum Gasteiger partial charge on any atom is 0.224 e. The molecule has 0 saturated heterocycles. The summed E-state index contributed by atoms with van der Waals surface area (Å²) in [5.74, 6) is 0.359. The van der Waals surface area contributed by atoms with Crippen molar-refractivity contribution in [1.29, 1.82) is 0 Å². The molecule has 22 heavy (non-hydrogen) atoms. The second-order valence-corrected chi connectivity index (χ2v) is 5.79. The van der Waals surface area contributed by atoms with Gasteiger partial charge in [-0.1, -0.05) is 29.8 Å². The lowest BCUT2D eigenvalue weighted by atomic mass is 9.93. The van der Waals surface area contributed by atoms with Crippen LogP contribution < -0.4 is 16.4 Å². The van der Waals surface area contributed by atoms with Gasteiger partial charge in [-0.25, -0.2) is 4.99 Å². The highest BCUT2D eigenvalue weighted by molar-refractivity contribution is 14.0. The summed E-state index contributed by atoms with van der Waals surface area (Å²) in [7, 11) is 0. The number of amides is 1. The van der Waals surface area contributed by atoms with Gasteiger partial charge in [-0.05, 0) is 33.3 Å². The Labute approximate surface area is 150 Å². The maximum atomic E-state index is 11.3. The van der Waals surface area contributed by atoms with Crippen molar-refractivity contribution in [2.24, 2.45) is 16.1 Å². The quantitative estimate of drug-likeness (QED) is 0.377. The summed E-state index contributed by atoms with van der Waals surface area (Å²) in [6.45, 7) is 9.49. The van der Waals surface area contributed by atoms with E-state index in [1.165, 1.54) is 5.56 Å². The Kier molecular flexibility index (Phi) is 9.08. The van der Waals surface area contributed by atoms with Gasteiger partial charge in [0.15, 0.2) is 5.96 Å². The smallest absolute Gasteiger partial charge is 0.224 e. The van der Waals surface area contributed by atoms with Crippen LogP contribution in [0.1, 0.15) is 31.9 Å². The number of hydrogen-bond acceptors (Lipinski definition) is 2. The van der Waals surface area contributed by atoms with Crippen LogP contribution >= 0.6 is 24.0 Å². The molecular formula is C16H27IN4O. The molecule has 0 bridgehead atoms. The number of halogens is 1. The summed E-state index contributed by atoms with van der Waals surface area (Å²) in [5.41, 5.74) is 7.13. The van der Waals surface area contributed by atoms with Crippen LogP contribution in [-0.2, 0) is 11.3 Å². The molecule has 0 unspecified atom stereocenters. The SMILES string of the molecule is CCNC(=NCc1cccc(C)c1)NCC(C)(C)C(N)=O.I. The van der Waals surface area contributed by atoms with Crippen LogP contribution in [-0.4, -0.2) is 25.0 Å². The van der Waals surface area contributed by atoms with Crippen LogP contribution in [0, 0.1) is 12.3 Å². The first-order valence-corrected chi connectivity index (χ1v) is 7.23. The first-order chi connectivity index (χ1) is 9.85. The van der Waals surface area contributed by atoms with E-state index in [0.717, 1.165) is 12.1 Å². The number of primary amides is 1. The molecule has 0 aliphatic carbocycles. The summed E-state index contributed by atoms with van der Waals surface area (Å²) >= 11 is 0. The van der Waals surface area contributed by atoms with Crippen molar-refractivity contribution in [2.75, 3.05) is 13.1 Å². The van der Waals surface area contributed by atoms with E-state index in [-0.39, 0.29) is 29.9 Å². The lowest BCUT2D eigenvalue weighted by molar-refractivity contribution is -0.125. The van der Waals surface area contributed by atoms with Crippen molar-refractivity contribution in [3.05, 3.63) is 35.4 Å². The number of hydrogen-bond donors (Lipinski definition) is 3. The van der Waals surface area contributed by atoms with E-state index in [2.05, 4.69) is 34.7 Å². The van der Waals surface area contributed by atoms with Crippen molar-refractivity contribution >= 4 is 35.8 Å². The Bertz CT molecular complexity index is 515. The number of nitrogens with one attached hydrogen (secondary N) is 2. The van der Waals surface area contributed by atoms with Gasteiger partial charge in [-0.2, -0.15) is 0 Å². The molecule has 0 aliphatic heterocycles. The van der Waals surface area contributed by atoms with E-state index in [4.69, 9.17) is 5.73 Å². The van der Waals surface area contributed by atoms with Gasteiger partial charge in [0.05, 0.1) is 12.0 Å². The highest BCUT2D eigenvalue weighted by Gasteiger charge is 2.24. The molecule has 0 heterocycles. The molecule has 0 saturated carbocycles. The summed E-state index contributed by atoms with van der Waals surface area (Å²) in [5, 5.41) is 6.33. The highest BCUT2D eigenvalue weighted by atomic mass is 127. The highest BCUT2D eigenvalue weighted by Crippen LogP contribution is 2.11. The summed E-state index contributed by atoms with van der Waals surface area (Å²) in [6, 6.07) is 8.25. The number of nitrogens with two attached hydrogens (primary N) is 1. The Morgan fingerprint density at radius 2 is 2.00 bits per heavy atom. The third-order valence-electron chi connectivity index (χ3n) is 3.21. The lowest BCUT2D eigenvalue weighted by Crippen LogP contribution is -2.46. The van der Waals surface area contributed by atoms with Crippen molar-refractivity contribution in [1.82, 2.24) is 10.6 Å². The van der Waals surface area contributed by atoms with Crippen LogP contribution in [0.5, 0.6) is 0 Å². The molecule has 1 aromatic carbocycles. The Morgan fingerprint density at radius 1 is 1.32 bits per heavy atom. The molecule has 0 radical (unpaired) electrons. The van der Waals surface area contributed by atoms with Gasteiger partial charge >= 0.3 is 0 Å². The standard InChI is InChI=1S/C16H26N4O.HI/c1-5-18-15(20-11-16(3,4)14(17)21)19-10-13-8-6-7-12(2)9-13;/h6-9H,5,10-11H2,1-4H3,(H2,17,21)(H2,18,19,20);1H. The van der Waals surface area contributed by atoms with Gasteiger partial charge in [0.2, 0.25) is 5.91 Å². The van der Waals surface area contributed by atoms with Gasteiger partial charge in [-0.15, -0.1) is 24.0 Å². The number of guanidine groups is 1. The average Bonchev–Trinajstić information content (AvgIpc) is 2.42. The fraction of sp³-hybridized carbons (Fsp3) is 0.500. The van der Waals surface area contributed by atoms with Crippen LogP contribution in [0.25, 0.3) is 0 Å². The molecule has 0 fully saturated rings. The van der Waals surface area contributed by atoms with Crippen LogP contribution in [0.3, 0.4) is 0 Å². The first kappa shape index (κ1) is 20.7. The molecule has 5 nitrogen and oxygen atoms in total. The molecule has 0 aliphatic rings. The number of aryl methyl sites for hydroxylation is 1. The third kappa shape index (κ3) is 7.11. The minimum Gasteiger partial charge on any atom is -0.369 e. The fourth-order valence-corrected chi connectivity index (χ4v) is 1.71. The van der Waals surface area contributed by atoms with Crippen LogP contribution in [0.15, 0.2) is 29.3 Å². The predicted octanol–water partition coefficient (Wildman–Crippen LogP) is 2.18. The first-order valence-electron chi connectivity index (χ1n) is 7.23. The van der Waals surface area contributed by atoms with Crippen molar-refractivity contribution in [3.8, 4) is 0 Å². The van der Waals surface area contributed by atoms with Crippen LogP contribution in [0.4, 0.5) is 0 Å². The van der Waals surface area contributed by atoms with E-state index < -0.39 is 5.41 Å². The van der Waals surface area contributed by atoms with Crippen LogP contribution in [0.2, 0.25) is 0 Å². The van der Waals surface area contributed by atoms with Gasteiger partial charge < -0.3 is 16.4 Å². The van der Waals surface area contributed by atoms with Gasteiger partial charge in [0, 0.05) is 13.1 Å². The normalized spacial score (nSPS) is 11.5. The number of aliphatic imine (C=N–C) groups is 1. The van der Waals surface area contributed by atoms with Crippen molar-refractivity contribution < 1.29 is 4.79 Å². The monoisotopic (exact) mass is 418 g/mol. The van der Waals surface area contributed by atoms with E-state index in [1.54, 1.807) is 0 Å². The van der Waals surface area contributed by atoms with E-state index in [9.17, 15) is 4.79 Å². The Morgan fingerprint density at radius 3 is 2.55 bits per heavy atom. The zero-order valence-corrected chi connectivity index (χ0v) is 16.1. The molecule has 1 aromatic rings. The van der Waals surface area contributed by atoms with E-state index >= 15 is 0 Å². The molecule has 1 amide bonds. The number of carbonyl (C=O) groups is 1. The summed E-state index contributed by atoms with van der Waals surface area (Å²) in [4.78, 5) is 15.9. The molecule has 6 heteroatoms. The minimum absolute atomic E-state index is 0. The number of rotatable bonds is 6. The molecule has 124 valence electrons. The van der Waals surface area contributed by atoms with Gasteiger partial charge in [0.25, 0.3) is 0 Å². The molecule has 0 atom stereocenters. The van der Waals surface area contributed by atoms with Gasteiger partial charge in [0.1, 0.15) is 0 Å². The van der Waals surface area contributed by atoms with Gasteiger partial charge in [-0.3, -0.25) is 4.79 Å². The largest absolute Gasteiger partial charge is 0.369 e. The Hall–Kier alpha value is -1.31. The lowest BCUT2D eigenvalue weighted by Gasteiger charge is -2.22. The van der Waals surface area contributed by atoms with Crippen molar-refractivity contribution in [3.63, 3.8) is 0 Å². The topological polar surface area (TPSA) is 79.5 Å². The molecule has 0 aromatic heterocycles. The van der Waals surface area contributed by atoms with Crippen molar-refractivity contribution in [2.45, 2.75) is 34.2 Å². The second kappa shape index (κ2) is 9.66. The summed E-state index contributed by atoms with van der Waals surface area (Å²) < 4.78 is 0. The number of nitrogens with zero attached hydrogens (tertiary/aromatic N) is 1.